The van der Waals surface area contributed by atoms with Gasteiger partial charge in [-0.3, -0.25) is 4.68 Å². The molecule has 0 aliphatic carbocycles. The zero-order valence-electron chi connectivity index (χ0n) is 6.49. The highest BCUT2D eigenvalue weighted by atomic mass is 35.5. The van der Waals surface area contributed by atoms with E-state index in [1.807, 2.05) is 29.9 Å². The van der Waals surface area contributed by atoms with Crippen molar-refractivity contribution in [3.05, 3.63) is 28.7 Å². The van der Waals surface area contributed by atoms with Crippen molar-refractivity contribution in [1.82, 2.24) is 9.78 Å². The van der Waals surface area contributed by atoms with Gasteiger partial charge in [-0.05, 0) is 18.2 Å². The van der Waals surface area contributed by atoms with Crippen molar-refractivity contribution in [3.8, 4) is 10.6 Å². The molecular formula is C8H7ClN2S. The van der Waals surface area contributed by atoms with E-state index in [1.165, 1.54) is 0 Å². The lowest BCUT2D eigenvalue weighted by atomic mass is 10.3. The molecule has 2 aromatic heterocycles. The molecule has 0 saturated carbocycles. The molecule has 2 aromatic rings. The number of nitrogens with zero attached hydrogens (tertiary/aromatic N) is 2. The molecule has 4 heteroatoms. The van der Waals surface area contributed by atoms with Gasteiger partial charge in [-0.2, -0.15) is 5.10 Å². The number of hydrogen-bond donors (Lipinski definition) is 0. The smallest absolute Gasteiger partial charge is 0.0935 e. The number of hydrogen-bond acceptors (Lipinski definition) is 2. The van der Waals surface area contributed by atoms with Gasteiger partial charge in [-0.25, -0.2) is 0 Å². The molecule has 0 unspecified atom stereocenters. The van der Waals surface area contributed by atoms with Gasteiger partial charge in [0, 0.05) is 13.2 Å². The van der Waals surface area contributed by atoms with Crippen molar-refractivity contribution >= 4 is 22.9 Å². The molecule has 0 radical (unpaired) electrons. The Morgan fingerprint density at radius 1 is 1.42 bits per heavy atom. The molecule has 62 valence electrons. The van der Waals surface area contributed by atoms with Gasteiger partial charge < -0.3 is 0 Å². The highest BCUT2D eigenvalue weighted by molar-refractivity contribution is 7.19. The second kappa shape index (κ2) is 2.92. The first-order valence-electron chi connectivity index (χ1n) is 3.51. The van der Waals surface area contributed by atoms with E-state index in [4.69, 9.17) is 11.6 Å². The maximum Gasteiger partial charge on any atom is 0.0935 e. The molecule has 0 bridgehead atoms. The molecule has 2 rings (SSSR count). The van der Waals surface area contributed by atoms with Gasteiger partial charge in [0.1, 0.15) is 0 Å². The van der Waals surface area contributed by atoms with E-state index in [2.05, 4.69) is 5.10 Å². The zero-order chi connectivity index (χ0) is 8.55. The van der Waals surface area contributed by atoms with Gasteiger partial charge in [0.25, 0.3) is 0 Å². The Bertz CT molecular complexity index is 391. The first-order valence-corrected chi connectivity index (χ1v) is 4.70. The molecule has 0 amide bonds. The van der Waals surface area contributed by atoms with Crippen molar-refractivity contribution in [3.63, 3.8) is 0 Å². The predicted octanol–water partition coefficient (Wildman–Crippen LogP) is 2.80. The van der Waals surface area contributed by atoms with Crippen LogP contribution in [-0.4, -0.2) is 9.78 Å². The second-order valence-corrected chi connectivity index (χ2v) is 4.16. The van der Waals surface area contributed by atoms with Crippen molar-refractivity contribution in [2.24, 2.45) is 7.05 Å². The Hall–Kier alpha value is -0.800. The normalized spacial score (nSPS) is 10.5. The SMILES string of the molecule is Cn1nccc1-c1ccc(Cl)s1. The summed E-state index contributed by atoms with van der Waals surface area (Å²) in [5.41, 5.74) is 1.10. The lowest BCUT2D eigenvalue weighted by Gasteiger charge is -1.95. The molecule has 0 aliphatic heterocycles. The molecule has 0 N–H and O–H groups in total. The number of aryl methyl sites for hydroxylation is 1. The van der Waals surface area contributed by atoms with Crippen LogP contribution in [0.1, 0.15) is 0 Å². The monoisotopic (exact) mass is 198 g/mol. The van der Waals surface area contributed by atoms with Crippen molar-refractivity contribution in [2.75, 3.05) is 0 Å². The van der Waals surface area contributed by atoms with Crippen LogP contribution in [0.15, 0.2) is 24.4 Å². The molecule has 0 saturated heterocycles. The molecule has 12 heavy (non-hydrogen) atoms. The van der Waals surface area contributed by atoms with Gasteiger partial charge in [0.2, 0.25) is 0 Å². The fourth-order valence-electron chi connectivity index (χ4n) is 1.07. The van der Waals surface area contributed by atoms with Crippen LogP contribution >= 0.6 is 22.9 Å². The Balaban J connectivity index is 2.50. The first-order chi connectivity index (χ1) is 5.77. The minimum atomic E-state index is 0.811. The Kier molecular flexibility index (Phi) is 1.90. The van der Waals surface area contributed by atoms with E-state index in [1.54, 1.807) is 17.5 Å². The number of thiophene rings is 1. The summed E-state index contributed by atoms with van der Waals surface area (Å²) in [7, 11) is 1.92. The molecule has 0 atom stereocenters. The van der Waals surface area contributed by atoms with Crippen molar-refractivity contribution < 1.29 is 0 Å². The van der Waals surface area contributed by atoms with Crippen LogP contribution in [0.4, 0.5) is 0 Å². The quantitative estimate of drug-likeness (QED) is 0.689. The summed E-state index contributed by atoms with van der Waals surface area (Å²) in [6.07, 6.45) is 1.78. The highest BCUT2D eigenvalue weighted by Crippen LogP contribution is 2.30. The van der Waals surface area contributed by atoms with Crippen LogP contribution in [0.3, 0.4) is 0 Å². The summed E-state index contributed by atoms with van der Waals surface area (Å²) in [5, 5.41) is 4.08. The Morgan fingerprint density at radius 3 is 2.75 bits per heavy atom. The lowest BCUT2D eigenvalue weighted by Crippen LogP contribution is -1.90. The predicted molar refractivity (Wildman–Crippen MR) is 51.5 cm³/mol. The van der Waals surface area contributed by atoms with Crippen molar-refractivity contribution in [2.45, 2.75) is 0 Å². The average molecular weight is 199 g/mol. The van der Waals surface area contributed by atoms with Crippen LogP contribution in [0.25, 0.3) is 10.6 Å². The molecule has 2 heterocycles. The van der Waals surface area contributed by atoms with E-state index >= 15 is 0 Å². The molecule has 0 spiro atoms. The van der Waals surface area contributed by atoms with Crippen LogP contribution < -0.4 is 0 Å². The third-order valence-corrected chi connectivity index (χ3v) is 2.90. The fraction of sp³-hybridized carbons (Fsp3) is 0.125. The van der Waals surface area contributed by atoms with Crippen LogP contribution in [-0.2, 0) is 7.05 Å². The lowest BCUT2D eigenvalue weighted by molar-refractivity contribution is 0.777. The molecule has 0 fully saturated rings. The zero-order valence-corrected chi connectivity index (χ0v) is 8.06. The minimum absolute atomic E-state index is 0.811. The van der Waals surface area contributed by atoms with E-state index < -0.39 is 0 Å². The van der Waals surface area contributed by atoms with Crippen molar-refractivity contribution in [1.29, 1.82) is 0 Å². The van der Waals surface area contributed by atoms with E-state index in [0.717, 1.165) is 14.9 Å². The summed E-state index contributed by atoms with van der Waals surface area (Å²) in [6, 6.07) is 5.88. The van der Waals surface area contributed by atoms with Crippen LogP contribution in [0.5, 0.6) is 0 Å². The van der Waals surface area contributed by atoms with Gasteiger partial charge >= 0.3 is 0 Å². The third-order valence-electron chi connectivity index (χ3n) is 1.65. The summed E-state index contributed by atoms with van der Waals surface area (Å²) in [4.78, 5) is 1.15. The van der Waals surface area contributed by atoms with Gasteiger partial charge in [-0.15, -0.1) is 11.3 Å². The van der Waals surface area contributed by atoms with Gasteiger partial charge in [0.15, 0.2) is 0 Å². The highest BCUT2D eigenvalue weighted by Gasteiger charge is 2.04. The van der Waals surface area contributed by atoms with E-state index in [0.29, 0.717) is 0 Å². The van der Waals surface area contributed by atoms with Crippen LogP contribution in [0.2, 0.25) is 4.34 Å². The Morgan fingerprint density at radius 2 is 2.25 bits per heavy atom. The maximum atomic E-state index is 5.82. The summed E-state index contributed by atoms with van der Waals surface area (Å²) < 4.78 is 2.65. The second-order valence-electron chi connectivity index (χ2n) is 2.44. The topological polar surface area (TPSA) is 17.8 Å². The standard InChI is InChI=1S/C8H7ClN2S/c1-11-6(4-5-10-11)7-2-3-8(9)12-7/h2-5H,1H3. The van der Waals surface area contributed by atoms with Gasteiger partial charge in [0.05, 0.1) is 14.9 Å². The fourth-order valence-corrected chi connectivity index (χ4v) is 2.17. The molecule has 0 aromatic carbocycles. The van der Waals surface area contributed by atoms with E-state index in [-0.39, 0.29) is 0 Å². The minimum Gasteiger partial charge on any atom is -0.267 e. The number of rotatable bonds is 1. The molecule has 2 nitrogen and oxygen atoms in total. The Labute approximate surface area is 79.4 Å². The number of halogens is 1. The average Bonchev–Trinajstić information content (AvgIpc) is 2.58. The third kappa shape index (κ3) is 1.26. The van der Waals surface area contributed by atoms with Gasteiger partial charge in [-0.1, -0.05) is 11.6 Å². The molecule has 0 aliphatic rings. The number of aromatic nitrogens is 2. The largest absolute Gasteiger partial charge is 0.267 e. The van der Waals surface area contributed by atoms with E-state index in [9.17, 15) is 0 Å². The molecular weight excluding hydrogens is 192 g/mol. The summed E-state index contributed by atoms with van der Waals surface area (Å²) in [5.74, 6) is 0. The van der Waals surface area contributed by atoms with Crippen LogP contribution in [0, 0.1) is 0 Å². The first kappa shape index (κ1) is 7.83. The summed E-state index contributed by atoms with van der Waals surface area (Å²) in [6.45, 7) is 0. The summed E-state index contributed by atoms with van der Waals surface area (Å²) >= 11 is 7.38. The maximum absolute atomic E-state index is 5.82.